The average molecular weight is 377 g/mol. The maximum atomic E-state index is 5.82. The summed E-state index contributed by atoms with van der Waals surface area (Å²) < 4.78 is 11.6. The Labute approximate surface area is 167 Å². The molecule has 0 aromatic heterocycles. The van der Waals surface area contributed by atoms with E-state index >= 15 is 0 Å². The van der Waals surface area contributed by atoms with Gasteiger partial charge in [-0.1, -0.05) is 24.3 Å². The van der Waals surface area contributed by atoms with Crippen LogP contribution in [-0.2, 0) is 13.1 Å². The Bertz CT molecular complexity index is 921. The highest BCUT2D eigenvalue weighted by atomic mass is 16.5. The van der Waals surface area contributed by atoms with Gasteiger partial charge in [0.2, 0.25) is 0 Å². The summed E-state index contributed by atoms with van der Waals surface area (Å²) in [6, 6.07) is 13.5. The summed E-state index contributed by atoms with van der Waals surface area (Å²) in [7, 11) is 4.20. The molecule has 1 unspecified atom stereocenters. The SMILES string of the molecule is CN1COc2ccc(C3=CC(c4ccc5c(c4)CN(C)CO5)CCC3)cc2C1. The first-order chi connectivity index (χ1) is 13.7. The number of allylic oxidation sites excluding steroid dienone is 2. The maximum Gasteiger partial charge on any atom is 0.142 e. The van der Waals surface area contributed by atoms with Gasteiger partial charge in [0.15, 0.2) is 0 Å². The molecule has 0 N–H and O–H groups in total. The predicted molar refractivity (Wildman–Crippen MR) is 111 cm³/mol. The van der Waals surface area contributed by atoms with Crippen LogP contribution < -0.4 is 9.47 Å². The van der Waals surface area contributed by atoms with Crippen LogP contribution in [0.15, 0.2) is 42.5 Å². The summed E-state index contributed by atoms with van der Waals surface area (Å²) in [5.74, 6) is 2.56. The molecule has 0 radical (unpaired) electrons. The number of ether oxygens (including phenoxy) is 2. The summed E-state index contributed by atoms with van der Waals surface area (Å²) in [4.78, 5) is 4.41. The molecule has 1 atom stereocenters. The van der Waals surface area contributed by atoms with E-state index in [4.69, 9.17) is 9.47 Å². The summed E-state index contributed by atoms with van der Waals surface area (Å²) in [6.07, 6.45) is 6.10. The summed E-state index contributed by atoms with van der Waals surface area (Å²) in [6.45, 7) is 3.27. The Morgan fingerprint density at radius 3 is 2.29 bits per heavy atom. The number of nitrogens with zero attached hydrogens (tertiary/aromatic N) is 2. The fraction of sp³-hybridized carbons (Fsp3) is 0.417. The highest BCUT2D eigenvalue weighted by Crippen LogP contribution is 2.38. The van der Waals surface area contributed by atoms with Crippen LogP contribution in [0.25, 0.3) is 5.57 Å². The van der Waals surface area contributed by atoms with Crippen molar-refractivity contribution in [3.8, 4) is 11.5 Å². The number of hydrogen-bond acceptors (Lipinski definition) is 4. The second kappa shape index (κ2) is 7.26. The minimum atomic E-state index is 0.483. The van der Waals surface area contributed by atoms with Crippen LogP contribution in [0.5, 0.6) is 11.5 Å². The lowest BCUT2D eigenvalue weighted by Crippen LogP contribution is -2.28. The number of benzene rings is 2. The molecule has 3 aliphatic rings. The molecule has 28 heavy (non-hydrogen) atoms. The van der Waals surface area contributed by atoms with E-state index in [-0.39, 0.29) is 0 Å². The van der Waals surface area contributed by atoms with Crippen LogP contribution in [0.2, 0.25) is 0 Å². The molecule has 0 amide bonds. The van der Waals surface area contributed by atoms with Crippen LogP contribution in [0.1, 0.15) is 47.4 Å². The number of hydrogen-bond donors (Lipinski definition) is 0. The Kier molecular flexibility index (Phi) is 4.61. The predicted octanol–water partition coefficient (Wildman–Crippen LogP) is 4.60. The Morgan fingerprint density at radius 2 is 1.54 bits per heavy atom. The molecule has 0 fully saturated rings. The monoisotopic (exact) mass is 376 g/mol. The third-order valence-electron chi connectivity index (χ3n) is 6.07. The Morgan fingerprint density at radius 1 is 0.857 bits per heavy atom. The molecule has 4 nitrogen and oxygen atoms in total. The van der Waals surface area contributed by atoms with E-state index in [0.717, 1.165) is 31.0 Å². The zero-order chi connectivity index (χ0) is 19.1. The van der Waals surface area contributed by atoms with Crippen LogP contribution in [0.3, 0.4) is 0 Å². The molecule has 2 aromatic carbocycles. The second-order valence-electron chi connectivity index (χ2n) is 8.46. The van der Waals surface area contributed by atoms with Crippen molar-refractivity contribution in [2.24, 2.45) is 0 Å². The van der Waals surface area contributed by atoms with Crippen LogP contribution in [-0.4, -0.2) is 37.4 Å². The quantitative estimate of drug-likeness (QED) is 0.765. The van der Waals surface area contributed by atoms with E-state index in [2.05, 4.69) is 66.4 Å². The summed E-state index contributed by atoms with van der Waals surface area (Å²) in [5.41, 5.74) is 6.83. The van der Waals surface area contributed by atoms with Crippen molar-refractivity contribution in [3.05, 3.63) is 64.7 Å². The van der Waals surface area contributed by atoms with Crippen molar-refractivity contribution in [1.29, 1.82) is 0 Å². The number of rotatable bonds is 2. The van der Waals surface area contributed by atoms with Crippen molar-refractivity contribution >= 4 is 5.57 Å². The topological polar surface area (TPSA) is 24.9 Å². The minimum absolute atomic E-state index is 0.483. The van der Waals surface area contributed by atoms with Gasteiger partial charge in [0.1, 0.15) is 25.0 Å². The van der Waals surface area contributed by atoms with Crippen LogP contribution in [0.4, 0.5) is 0 Å². The second-order valence-corrected chi connectivity index (χ2v) is 8.46. The van der Waals surface area contributed by atoms with Crippen molar-refractivity contribution in [2.45, 2.75) is 38.3 Å². The molecule has 2 heterocycles. The number of fused-ring (bicyclic) bond motifs is 2. The van der Waals surface area contributed by atoms with Crippen molar-refractivity contribution < 1.29 is 9.47 Å². The summed E-state index contributed by atoms with van der Waals surface area (Å²) >= 11 is 0. The normalized spacial score (nSPS) is 22.5. The van der Waals surface area contributed by atoms with Gasteiger partial charge in [-0.05, 0) is 68.3 Å². The van der Waals surface area contributed by atoms with E-state index in [9.17, 15) is 0 Å². The van der Waals surface area contributed by atoms with E-state index < -0.39 is 0 Å². The third-order valence-corrected chi connectivity index (χ3v) is 6.07. The molecule has 5 rings (SSSR count). The van der Waals surface area contributed by atoms with Gasteiger partial charge >= 0.3 is 0 Å². The van der Waals surface area contributed by atoms with Gasteiger partial charge in [0, 0.05) is 30.1 Å². The molecule has 0 spiro atoms. The van der Waals surface area contributed by atoms with E-state index in [1.807, 2.05) is 0 Å². The Balaban J connectivity index is 1.43. The lowest BCUT2D eigenvalue weighted by molar-refractivity contribution is 0.121. The van der Waals surface area contributed by atoms with Crippen LogP contribution >= 0.6 is 0 Å². The largest absolute Gasteiger partial charge is 0.478 e. The molecule has 0 bridgehead atoms. The molecule has 0 saturated heterocycles. The molecule has 4 heteroatoms. The molecule has 1 aliphatic carbocycles. The van der Waals surface area contributed by atoms with Crippen LogP contribution in [0, 0.1) is 0 Å². The minimum Gasteiger partial charge on any atom is -0.478 e. The first kappa shape index (κ1) is 17.8. The van der Waals surface area contributed by atoms with Gasteiger partial charge in [-0.25, -0.2) is 0 Å². The van der Waals surface area contributed by atoms with Crippen molar-refractivity contribution in [3.63, 3.8) is 0 Å². The third kappa shape index (κ3) is 3.43. The molecule has 2 aliphatic heterocycles. The van der Waals surface area contributed by atoms with Crippen molar-refractivity contribution in [1.82, 2.24) is 9.80 Å². The average Bonchev–Trinajstić information content (AvgIpc) is 2.72. The fourth-order valence-corrected chi connectivity index (χ4v) is 4.60. The van der Waals surface area contributed by atoms with Gasteiger partial charge in [0.05, 0.1) is 0 Å². The van der Waals surface area contributed by atoms with Crippen molar-refractivity contribution in [2.75, 3.05) is 27.6 Å². The molecular formula is C24H28N2O2. The Hall–Kier alpha value is -2.30. The molecule has 0 saturated carbocycles. The first-order valence-corrected chi connectivity index (χ1v) is 10.3. The molecule has 146 valence electrons. The van der Waals surface area contributed by atoms with Gasteiger partial charge in [-0.15, -0.1) is 0 Å². The summed E-state index contributed by atoms with van der Waals surface area (Å²) in [5, 5.41) is 0. The fourth-order valence-electron chi connectivity index (χ4n) is 4.60. The van der Waals surface area contributed by atoms with Gasteiger partial charge < -0.3 is 9.47 Å². The first-order valence-electron chi connectivity index (χ1n) is 10.3. The smallest absolute Gasteiger partial charge is 0.142 e. The lowest BCUT2D eigenvalue weighted by atomic mass is 9.82. The zero-order valence-corrected chi connectivity index (χ0v) is 16.8. The van der Waals surface area contributed by atoms with E-state index in [0.29, 0.717) is 19.4 Å². The van der Waals surface area contributed by atoms with Gasteiger partial charge in [0.25, 0.3) is 0 Å². The maximum absolute atomic E-state index is 5.82. The molecule has 2 aromatic rings. The lowest BCUT2D eigenvalue weighted by Gasteiger charge is -2.28. The highest BCUT2D eigenvalue weighted by Gasteiger charge is 2.21. The van der Waals surface area contributed by atoms with E-state index in [1.54, 1.807) is 0 Å². The van der Waals surface area contributed by atoms with Gasteiger partial charge in [-0.3, -0.25) is 9.80 Å². The van der Waals surface area contributed by atoms with Gasteiger partial charge in [-0.2, -0.15) is 0 Å². The standard InChI is InChI=1S/C24H28N2O2/c1-25-13-21-11-19(6-8-23(21)27-15-25)17-4-3-5-18(10-17)20-7-9-24-22(12-20)14-26(2)16-28-24/h6-12,17H,3-5,13-16H2,1-2H3. The zero-order valence-electron chi connectivity index (χ0n) is 16.8. The highest BCUT2D eigenvalue weighted by molar-refractivity contribution is 5.69. The molecular weight excluding hydrogens is 348 g/mol. The van der Waals surface area contributed by atoms with E-state index in [1.165, 1.54) is 40.7 Å².